The van der Waals surface area contributed by atoms with Gasteiger partial charge in [0.2, 0.25) is 0 Å². The first-order valence-electron chi connectivity index (χ1n) is 6.75. The number of ether oxygens (including phenoxy) is 1. The molecule has 0 radical (unpaired) electrons. The second-order valence-electron chi connectivity index (χ2n) is 5.27. The number of piperidine rings is 1. The number of carbonyl (C=O) groups is 1. The molecule has 0 aliphatic carbocycles. The van der Waals surface area contributed by atoms with Gasteiger partial charge in [0.05, 0.1) is 12.5 Å². The molecule has 7 heteroatoms. The molecule has 1 saturated heterocycles. The minimum absolute atomic E-state index is 0.0572. The van der Waals surface area contributed by atoms with Crippen LogP contribution in [0.5, 0.6) is 0 Å². The van der Waals surface area contributed by atoms with Gasteiger partial charge in [0.1, 0.15) is 0 Å². The van der Waals surface area contributed by atoms with E-state index in [-0.39, 0.29) is 25.0 Å². The highest BCUT2D eigenvalue weighted by molar-refractivity contribution is 7.87. The lowest BCUT2D eigenvalue weighted by molar-refractivity contribution is -0.147. The van der Waals surface area contributed by atoms with Gasteiger partial charge < -0.3 is 4.74 Å². The minimum atomic E-state index is -3.46. The van der Waals surface area contributed by atoms with Crippen LogP contribution in [-0.2, 0) is 19.7 Å². The fraction of sp³-hybridized carbons (Fsp3) is 0.917. The molecule has 1 rings (SSSR count). The molecule has 1 aliphatic rings. The van der Waals surface area contributed by atoms with Crippen molar-refractivity contribution >= 4 is 16.2 Å². The molecule has 112 valence electrons. The Morgan fingerprint density at radius 3 is 2.47 bits per heavy atom. The van der Waals surface area contributed by atoms with E-state index >= 15 is 0 Å². The maximum absolute atomic E-state index is 12.0. The molecule has 0 saturated carbocycles. The van der Waals surface area contributed by atoms with Crippen LogP contribution in [0, 0.1) is 5.92 Å². The molecule has 1 aliphatic heterocycles. The fourth-order valence-corrected chi connectivity index (χ4v) is 3.15. The maximum atomic E-state index is 12.0. The second kappa shape index (κ2) is 7.21. The molecule has 0 aromatic rings. The first kappa shape index (κ1) is 16.4. The summed E-state index contributed by atoms with van der Waals surface area (Å²) in [6.45, 7) is 6.83. The van der Waals surface area contributed by atoms with Gasteiger partial charge in [-0.15, -0.1) is 0 Å². The smallest absolute Gasteiger partial charge is 0.307 e. The zero-order chi connectivity index (χ0) is 14.5. The quantitative estimate of drug-likeness (QED) is 0.738. The normalized spacial score (nSPS) is 18.7. The van der Waals surface area contributed by atoms with Crippen LogP contribution < -0.4 is 4.72 Å². The van der Waals surface area contributed by atoms with Gasteiger partial charge in [-0.3, -0.25) is 4.79 Å². The Kier molecular flexibility index (Phi) is 6.22. The molecular weight excluding hydrogens is 268 g/mol. The van der Waals surface area contributed by atoms with E-state index in [2.05, 4.69) is 11.6 Å². The Morgan fingerprint density at radius 1 is 1.37 bits per heavy atom. The summed E-state index contributed by atoms with van der Waals surface area (Å²) in [7, 11) is -3.46. The van der Waals surface area contributed by atoms with Gasteiger partial charge in [0.15, 0.2) is 0 Å². The average molecular weight is 292 g/mol. The Balaban J connectivity index is 2.33. The molecule has 1 fully saturated rings. The van der Waals surface area contributed by atoms with Crippen molar-refractivity contribution in [3.8, 4) is 0 Å². The van der Waals surface area contributed by atoms with Gasteiger partial charge >= 0.3 is 5.97 Å². The van der Waals surface area contributed by atoms with E-state index in [9.17, 15) is 13.2 Å². The number of hydrogen-bond acceptors (Lipinski definition) is 4. The third kappa shape index (κ3) is 5.88. The largest absolute Gasteiger partial charge is 0.463 e. The summed E-state index contributed by atoms with van der Waals surface area (Å²) in [5.41, 5.74) is 0. The van der Waals surface area contributed by atoms with Crippen molar-refractivity contribution in [1.29, 1.82) is 0 Å². The van der Waals surface area contributed by atoms with E-state index < -0.39 is 10.2 Å². The minimum Gasteiger partial charge on any atom is -0.463 e. The predicted octanol–water partition coefficient (Wildman–Crippen LogP) is 0.894. The molecule has 0 unspecified atom stereocenters. The molecule has 0 aromatic carbocycles. The fourth-order valence-electron chi connectivity index (χ4n) is 1.92. The van der Waals surface area contributed by atoms with E-state index in [4.69, 9.17) is 4.74 Å². The molecular formula is C12H24N2O4S. The van der Waals surface area contributed by atoms with Gasteiger partial charge in [-0.25, -0.2) is 4.72 Å². The van der Waals surface area contributed by atoms with E-state index in [1.807, 2.05) is 0 Å². The van der Waals surface area contributed by atoms with Gasteiger partial charge in [0.25, 0.3) is 10.2 Å². The number of esters is 1. The highest BCUT2D eigenvalue weighted by atomic mass is 32.2. The highest BCUT2D eigenvalue weighted by Crippen LogP contribution is 2.17. The van der Waals surface area contributed by atoms with E-state index in [1.54, 1.807) is 13.8 Å². The molecule has 0 aromatic heterocycles. The molecule has 0 amide bonds. The summed E-state index contributed by atoms with van der Waals surface area (Å²) in [6.07, 6.45) is 1.65. The van der Waals surface area contributed by atoms with Crippen LogP contribution in [0.25, 0.3) is 0 Å². The zero-order valence-corrected chi connectivity index (χ0v) is 12.7. The monoisotopic (exact) mass is 292 g/mol. The summed E-state index contributed by atoms with van der Waals surface area (Å²) in [4.78, 5) is 11.3. The lowest BCUT2D eigenvalue weighted by Gasteiger charge is -2.29. The van der Waals surface area contributed by atoms with Crippen LogP contribution in [0.1, 0.15) is 40.0 Å². The van der Waals surface area contributed by atoms with Gasteiger partial charge in [0, 0.05) is 19.6 Å². The first-order chi connectivity index (χ1) is 8.81. The maximum Gasteiger partial charge on any atom is 0.307 e. The Bertz CT molecular complexity index is 387. The Labute approximate surface area is 115 Å². The zero-order valence-electron chi connectivity index (χ0n) is 11.9. The standard InChI is InChI=1S/C12H24N2O4S/c1-10(2)18-12(15)4-7-13-19(16,17)14-8-5-11(3)6-9-14/h10-11,13H,4-9H2,1-3H3. The van der Waals surface area contributed by atoms with Crippen molar-refractivity contribution in [2.45, 2.75) is 46.1 Å². The number of nitrogens with zero attached hydrogens (tertiary/aromatic N) is 1. The summed E-state index contributed by atoms with van der Waals surface area (Å²) < 4.78 is 32.7. The van der Waals surface area contributed by atoms with Crippen molar-refractivity contribution < 1.29 is 17.9 Å². The molecule has 1 N–H and O–H groups in total. The molecule has 6 nitrogen and oxygen atoms in total. The van der Waals surface area contributed by atoms with Gasteiger partial charge in [-0.2, -0.15) is 12.7 Å². The molecule has 0 atom stereocenters. The topological polar surface area (TPSA) is 75.7 Å². The van der Waals surface area contributed by atoms with Crippen LogP contribution in [0.15, 0.2) is 0 Å². The predicted molar refractivity (Wildman–Crippen MR) is 72.7 cm³/mol. The van der Waals surface area contributed by atoms with Gasteiger partial charge in [-0.05, 0) is 32.6 Å². The Hall–Kier alpha value is -0.660. The summed E-state index contributed by atoms with van der Waals surface area (Å²) in [6, 6.07) is 0. The molecule has 0 bridgehead atoms. The number of rotatable bonds is 6. The summed E-state index contributed by atoms with van der Waals surface area (Å²) >= 11 is 0. The number of hydrogen-bond donors (Lipinski definition) is 1. The van der Waals surface area contributed by atoms with Crippen LogP contribution in [-0.4, -0.2) is 44.4 Å². The van der Waals surface area contributed by atoms with Crippen LogP contribution in [0.4, 0.5) is 0 Å². The lowest BCUT2D eigenvalue weighted by atomic mass is 10.0. The van der Waals surface area contributed by atoms with Crippen molar-refractivity contribution in [3.63, 3.8) is 0 Å². The first-order valence-corrected chi connectivity index (χ1v) is 8.19. The van der Waals surface area contributed by atoms with E-state index in [0.29, 0.717) is 19.0 Å². The Morgan fingerprint density at radius 2 is 1.95 bits per heavy atom. The second-order valence-corrected chi connectivity index (χ2v) is 7.02. The van der Waals surface area contributed by atoms with E-state index in [1.165, 1.54) is 4.31 Å². The summed E-state index contributed by atoms with van der Waals surface area (Å²) in [5.74, 6) is 0.192. The lowest BCUT2D eigenvalue weighted by Crippen LogP contribution is -2.45. The molecule has 0 spiro atoms. The van der Waals surface area contributed by atoms with Crippen molar-refractivity contribution in [2.75, 3.05) is 19.6 Å². The molecule has 1 heterocycles. The summed E-state index contributed by atoms with van der Waals surface area (Å²) in [5, 5.41) is 0. The van der Waals surface area contributed by atoms with Crippen molar-refractivity contribution in [3.05, 3.63) is 0 Å². The molecule has 19 heavy (non-hydrogen) atoms. The SMILES string of the molecule is CC1CCN(S(=O)(=O)NCCC(=O)OC(C)C)CC1. The highest BCUT2D eigenvalue weighted by Gasteiger charge is 2.26. The number of carbonyl (C=O) groups excluding carboxylic acids is 1. The van der Waals surface area contributed by atoms with E-state index in [0.717, 1.165) is 12.8 Å². The van der Waals surface area contributed by atoms with Crippen LogP contribution >= 0.6 is 0 Å². The van der Waals surface area contributed by atoms with Crippen LogP contribution in [0.2, 0.25) is 0 Å². The van der Waals surface area contributed by atoms with Crippen molar-refractivity contribution in [2.24, 2.45) is 5.92 Å². The van der Waals surface area contributed by atoms with Crippen molar-refractivity contribution in [1.82, 2.24) is 9.03 Å². The average Bonchev–Trinajstić information content (AvgIpc) is 2.28. The van der Waals surface area contributed by atoms with Gasteiger partial charge in [-0.1, -0.05) is 6.92 Å². The third-order valence-corrected chi connectivity index (χ3v) is 4.68. The van der Waals surface area contributed by atoms with Crippen LogP contribution in [0.3, 0.4) is 0 Å². The third-order valence-electron chi connectivity index (χ3n) is 3.06. The number of nitrogens with one attached hydrogen (secondary N) is 1.